The van der Waals surface area contributed by atoms with Crippen LogP contribution in [-0.2, 0) is 0 Å². The monoisotopic (exact) mass is 353 g/mol. The molecule has 2 heterocycles. The summed E-state index contributed by atoms with van der Waals surface area (Å²) in [6, 6.07) is 12.2. The molecule has 4 rings (SSSR count). The normalized spacial score (nSPS) is 12.1. The minimum atomic E-state index is -0.357. The molecule has 132 valence electrons. The van der Waals surface area contributed by atoms with Gasteiger partial charge in [-0.1, -0.05) is 0 Å². The molecule has 0 unspecified atom stereocenters. The number of nitrogens with zero attached hydrogens (tertiary/aromatic N) is 3. The Balaban J connectivity index is 1.75. The Morgan fingerprint density at radius 3 is 2.54 bits per heavy atom. The van der Waals surface area contributed by atoms with E-state index in [0.29, 0.717) is 34.2 Å². The standard InChI is InChI=1S/C18H15N3O5/c1-23-13-6-3-11(4-7-13)16-19-18(24-2)20-21(16)17(22)12-5-8-14-15(9-12)26-10-25-14/h3-9H,10H2,1-2H3. The topological polar surface area (TPSA) is 84.7 Å². The second kappa shape index (κ2) is 6.40. The molecule has 0 spiro atoms. The maximum Gasteiger partial charge on any atom is 0.336 e. The Hall–Kier alpha value is -3.55. The Labute approximate surface area is 148 Å². The smallest absolute Gasteiger partial charge is 0.336 e. The number of carbonyl (C=O) groups is 1. The summed E-state index contributed by atoms with van der Waals surface area (Å²) in [6.45, 7) is 0.140. The van der Waals surface area contributed by atoms with Gasteiger partial charge in [-0.15, -0.1) is 5.10 Å². The SMILES string of the molecule is COc1ccc(-c2nc(OC)nn2C(=O)c2ccc3c(c2)OCO3)cc1. The highest BCUT2D eigenvalue weighted by atomic mass is 16.7. The van der Waals surface area contributed by atoms with Gasteiger partial charge in [0.25, 0.3) is 5.91 Å². The summed E-state index contributed by atoms with van der Waals surface area (Å²) in [6.07, 6.45) is 0. The molecule has 1 aromatic heterocycles. The van der Waals surface area contributed by atoms with Crippen molar-refractivity contribution in [2.24, 2.45) is 0 Å². The van der Waals surface area contributed by atoms with Crippen LogP contribution in [0.2, 0.25) is 0 Å². The Morgan fingerprint density at radius 2 is 1.81 bits per heavy atom. The van der Waals surface area contributed by atoms with Gasteiger partial charge in [0.2, 0.25) is 6.79 Å². The van der Waals surface area contributed by atoms with Crippen molar-refractivity contribution in [3.8, 4) is 34.6 Å². The van der Waals surface area contributed by atoms with Gasteiger partial charge in [-0.3, -0.25) is 4.79 Å². The molecule has 0 amide bonds. The van der Waals surface area contributed by atoms with Gasteiger partial charge in [-0.05, 0) is 42.5 Å². The maximum absolute atomic E-state index is 13.0. The number of aromatic nitrogens is 3. The van der Waals surface area contributed by atoms with E-state index in [1.54, 1.807) is 49.6 Å². The average Bonchev–Trinajstić information content (AvgIpc) is 3.33. The Kier molecular flexibility index (Phi) is 3.92. The first-order chi connectivity index (χ1) is 12.7. The summed E-state index contributed by atoms with van der Waals surface area (Å²) < 4.78 is 22.1. The number of hydrogen-bond acceptors (Lipinski definition) is 7. The molecule has 0 aliphatic carbocycles. The second-order valence-corrected chi connectivity index (χ2v) is 5.44. The third-order valence-electron chi connectivity index (χ3n) is 3.93. The third kappa shape index (κ3) is 2.71. The lowest BCUT2D eigenvalue weighted by Crippen LogP contribution is -2.15. The van der Waals surface area contributed by atoms with Gasteiger partial charge in [0, 0.05) is 11.1 Å². The summed E-state index contributed by atoms with van der Waals surface area (Å²) in [5.41, 5.74) is 1.10. The molecule has 0 atom stereocenters. The van der Waals surface area contributed by atoms with E-state index in [-0.39, 0.29) is 18.7 Å². The lowest BCUT2D eigenvalue weighted by molar-refractivity contribution is 0.0945. The fraction of sp³-hybridized carbons (Fsp3) is 0.167. The van der Waals surface area contributed by atoms with Gasteiger partial charge in [0.1, 0.15) is 5.75 Å². The quantitative estimate of drug-likeness (QED) is 0.712. The van der Waals surface area contributed by atoms with Crippen LogP contribution < -0.4 is 18.9 Å². The van der Waals surface area contributed by atoms with Crippen LogP contribution in [0.4, 0.5) is 0 Å². The molecule has 8 nitrogen and oxygen atoms in total. The van der Waals surface area contributed by atoms with Crippen molar-refractivity contribution in [2.45, 2.75) is 0 Å². The van der Waals surface area contributed by atoms with Crippen LogP contribution in [0.15, 0.2) is 42.5 Å². The molecule has 1 aliphatic heterocycles. The summed E-state index contributed by atoms with van der Waals surface area (Å²) in [5.74, 6) is 1.84. The van der Waals surface area contributed by atoms with Crippen molar-refractivity contribution in [1.82, 2.24) is 14.8 Å². The minimum absolute atomic E-state index is 0.102. The highest BCUT2D eigenvalue weighted by molar-refractivity contribution is 5.98. The van der Waals surface area contributed by atoms with Crippen LogP contribution in [0.25, 0.3) is 11.4 Å². The fourth-order valence-electron chi connectivity index (χ4n) is 2.60. The maximum atomic E-state index is 13.0. The first kappa shape index (κ1) is 15.9. The minimum Gasteiger partial charge on any atom is -0.497 e. The largest absolute Gasteiger partial charge is 0.497 e. The van der Waals surface area contributed by atoms with Crippen molar-refractivity contribution >= 4 is 5.91 Å². The molecule has 0 N–H and O–H groups in total. The Bertz CT molecular complexity index is 965. The van der Waals surface area contributed by atoms with E-state index in [0.717, 1.165) is 0 Å². The number of benzene rings is 2. The van der Waals surface area contributed by atoms with Crippen molar-refractivity contribution < 1.29 is 23.7 Å². The zero-order chi connectivity index (χ0) is 18.1. The van der Waals surface area contributed by atoms with Crippen LogP contribution in [0.5, 0.6) is 23.3 Å². The van der Waals surface area contributed by atoms with Gasteiger partial charge in [-0.2, -0.15) is 9.67 Å². The molecule has 0 fully saturated rings. The number of hydrogen-bond donors (Lipinski definition) is 0. The summed E-state index contributed by atoms with van der Waals surface area (Å²) in [7, 11) is 3.03. The number of carbonyl (C=O) groups excluding carboxylic acids is 1. The highest BCUT2D eigenvalue weighted by Crippen LogP contribution is 2.33. The van der Waals surface area contributed by atoms with Crippen LogP contribution in [0, 0.1) is 0 Å². The van der Waals surface area contributed by atoms with Crippen LogP contribution >= 0.6 is 0 Å². The van der Waals surface area contributed by atoms with E-state index in [4.69, 9.17) is 18.9 Å². The first-order valence-electron chi connectivity index (χ1n) is 7.79. The van der Waals surface area contributed by atoms with Crippen molar-refractivity contribution in [1.29, 1.82) is 0 Å². The van der Waals surface area contributed by atoms with Crippen molar-refractivity contribution in [3.63, 3.8) is 0 Å². The molecule has 0 saturated carbocycles. The van der Waals surface area contributed by atoms with Gasteiger partial charge in [0.15, 0.2) is 17.3 Å². The van der Waals surface area contributed by atoms with Gasteiger partial charge in [-0.25, -0.2) is 0 Å². The van der Waals surface area contributed by atoms with Crippen LogP contribution in [0.1, 0.15) is 10.4 Å². The van der Waals surface area contributed by atoms with E-state index in [1.165, 1.54) is 11.8 Å². The third-order valence-corrected chi connectivity index (χ3v) is 3.93. The molecule has 3 aromatic rings. The molecule has 26 heavy (non-hydrogen) atoms. The lowest BCUT2D eigenvalue weighted by Gasteiger charge is -2.06. The van der Waals surface area contributed by atoms with E-state index < -0.39 is 0 Å². The molecule has 2 aromatic carbocycles. The van der Waals surface area contributed by atoms with Gasteiger partial charge >= 0.3 is 6.01 Å². The number of methoxy groups -OCH3 is 2. The summed E-state index contributed by atoms with van der Waals surface area (Å²) in [4.78, 5) is 17.3. The molecule has 1 aliphatic rings. The predicted octanol–water partition coefficient (Wildman–Crippen LogP) is 2.38. The summed E-state index contributed by atoms with van der Waals surface area (Å²) in [5, 5.41) is 4.15. The number of rotatable bonds is 4. The first-order valence-corrected chi connectivity index (χ1v) is 7.79. The van der Waals surface area contributed by atoms with E-state index in [9.17, 15) is 4.79 Å². The fourth-order valence-corrected chi connectivity index (χ4v) is 2.60. The zero-order valence-electron chi connectivity index (χ0n) is 14.1. The van der Waals surface area contributed by atoms with E-state index in [1.807, 2.05) is 0 Å². The zero-order valence-corrected chi connectivity index (χ0v) is 14.1. The van der Waals surface area contributed by atoms with E-state index in [2.05, 4.69) is 10.1 Å². The molecule has 0 saturated heterocycles. The van der Waals surface area contributed by atoms with Gasteiger partial charge < -0.3 is 18.9 Å². The number of fused-ring (bicyclic) bond motifs is 1. The van der Waals surface area contributed by atoms with Crippen molar-refractivity contribution in [3.05, 3.63) is 48.0 Å². The highest BCUT2D eigenvalue weighted by Gasteiger charge is 2.22. The van der Waals surface area contributed by atoms with E-state index >= 15 is 0 Å². The Morgan fingerprint density at radius 1 is 1.04 bits per heavy atom. The lowest BCUT2D eigenvalue weighted by atomic mass is 10.1. The predicted molar refractivity (Wildman–Crippen MR) is 90.9 cm³/mol. The van der Waals surface area contributed by atoms with Gasteiger partial charge in [0.05, 0.1) is 14.2 Å². The molecular weight excluding hydrogens is 338 g/mol. The van der Waals surface area contributed by atoms with Crippen molar-refractivity contribution in [2.75, 3.05) is 21.0 Å². The molecule has 0 radical (unpaired) electrons. The summed E-state index contributed by atoms with van der Waals surface area (Å²) >= 11 is 0. The molecule has 0 bridgehead atoms. The molecule has 8 heteroatoms. The van der Waals surface area contributed by atoms with Crippen LogP contribution in [-0.4, -0.2) is 41.7 Å². The molecular formula is C18H15N3O5. The number of ether oxygens (including phenoxy) is 4. The van der Waals surface area contributed by atoms with Crippen LogP contribution in [0.3, 0.4) is 0 Å². The second-order valence-electron chi connectivity index (χ2n) is 5.44. The average molecular weight is 353 g/mol.